The lowest BCUT2D eigenvalue weighted by Gasteiger charge is -2.29. The van der Waals surface area contributed by atoms with E-state index in [4.69, 9.17) is 0 Å². The van der Waals surface area contributed by atoms with Crippen molar-refractivity contribution >= 4 is 21.6 Å². The molecular weight excluding hydrogens is 359 g/mol. The number of amides is 1. The minimum absolute atomic E-state index is 0.172. The van der Waals surface area contributed by atoms with Gasteiger partial charge in [-0.05, 0) is 30.5 Å². The highest BCUT2D eigenvalue weighted by Crippen LogP contribution is 2.22. The quantitative estimate of drug-likeness (QED) is 0.762. The average Bonchev–Trinajstić information content (AvgIpc) is 3.11. The van der Waals surface area contributed by atoms with Crippen molar-refractivity contribution in [1.82, 2.24) is 14.9 Å². The van der Waals surface area contributed by atoms with Crippen LogP contribution in [0.1, 0.15) is 18.4 Å². The van der Waals surface area contributed by atoms with Crippen molar-refractivity contribution in [3.8, 4) is 0 Å². The molecular formula is C17H25FN4O3S. The Morgan fingerprint density at radius 1 is 1.31 bits per heavy atom. The molecule has 0 unspecified atom stereocenters. The Balaban J connectivity index is 1.61. The molecule has 0 bridgehead atoms. The molecule has 1 amide bonds. The number of carbonyl (C=O) groups is 1. The number of piperazine rings is 1. The molecule has 2 aliphatic heterocycles. The first-order valence-corrected chi connectivity index (χ1v) is 10.7. The maximum atomic E-state index is 14.4. The van der Waals surface area contributed by atoms with Crippen LogP contribution in [0.4, 0.5) is 10.1 Å². The number of hydrogen-bond acceptors (Lipinski definition) is 5. The van der Waals surface area contributed by atoms with Crippen molar-refractivity contribution in [2.24, 2.45) is 0 Å². The molecule has 0 aliphatic carbocycles. The molecule has 1 aromatic rings. The summed E-state index contributed by atoms with van der Waals surface area (Å²) in [6, 6.07) is 4.29. The van der Waals surface area contributed by atoms with E-state index in [1.54, 1.807) is 12.1 Å². The van der Waals surface area contributed by atoms with E-state index in [-0.39, 0.29) is 18.3 Å². The summed E-state index contributed by atoms with van der Waals surface area (Å²) in [5.74, 6) is -0.642. The fourth-order valence-corrected chi connectivity index (χ4v) is 4.65. The molecule has 0 radical (unpaired) electrons. The summed E-state index contributed by atoms with van der Waals surface area (Å²) < 4.78 is 39.1. The summed E-state index contributed by atoms with van der Waals surface area (Å²) in [4.78, 5) is 14.3. The Morgan fingerprint density at radius 3 is 2.69 bits per heavy atom. The monoisotopic (exact) mass is 384 g/mol. The smallest absolute Gasteiger partial charge is 0.238 e. The number of rotatable bonds is 5. The normalized spacial score (nSPS) is 21.8. The molecule has 144 valence electrons. The van der Waals surface area contributed by atoms with Gasteiger partial charge >= 0.3 is 0 Å². The van der Waals surface area contributed by atoms with Gasteiger partial charge in [-0.2, -0.15) is 4.31 Å². The molecule has 9 heteroatoms. The van der Waals surface area contributed by atoms with E-state index in [2.05, 4.69) is 10.6 Å². The first kappa shape index (κ1) is 19.1. The first-order chi connectivity index (χ1) is 12.4. The molecule has 2 aliphatic rings. The Labute approximate surface area is 153 Å². The van der Waals surface area contributed by atoms with Crippen molar-refractivity contribution in [3.05, 3.63) is 29.6 Å². The second kappa shape index (κ2) is 7.89. The maximum Gasteiger partial charge on any atom is 0.238 e. The summed E-state index contributed by atoms with van der Waals surface area (Å²) in [7, 11) is -3.40. The van der Waals surface area contributed by atoms with Gasteiger partial charge in [0, 0.05) is 39.3 Å². The minimum atomic E-state index is -3.40. The number of benzene rings is 1. The largest absolute Gasteiger partial charge is 0.367 e. The Kier molecular flexibility index (Phi) is 5.79. The molecule has 0 aromatic heterocycles. The third-order valence-electron chi connectivity index (χ3n) is 4.87. The van der Waals surface area contributed by atoms with Gasteiger partial charge < -0.3 is 15.5 Å². The summed E-state index contributed by atoms with van der Waals surface area (Å²) >= 11 is 0. The van der Waals surface area contributed by atoms with Crippen LogP contribution >= 0.6 is 0 Å². The third-order valence-corrected chi connectivity index (χ3v) is 6.16. The van der Waals surface area contributed by atoms with Crippen LogP contribution < -0.4 is 15.5 Å². The highest BCUT2D eigenvalue weighted by Gasteiger charge is 2.36. The second-order valence-electron chi connectivity index (χ2n) is 6.77. The zero-order chi connectivity index (χ0) is 18.7. The van der Waals surface area contributed by atoms with Crippen LogP contribution in [-0.4, -0.2) is 63.7 Å². The molecule has 2 fully saturated rings. The van der Waals surface area contributed by atoms with Gasteiger partial charge in [0.2, 0.25) is 15.9 Å². The summed E-state index contributed by atoms with van der Waals surface area (Å²) in [5.41, 5.74) is 1.22. The van der Waals surface area contributed by atoms with Crippen molar-refractivity contribution in [2.45, 2.75) is 25.4 Å². The average molecular weight is 384 g/mol. The van der Waals surface area contributed by atoms with Crippen LogP contribution in [0, 0.1) is 5.82 Å². The van der Waals surface area contributed by atoms with Crippen molar-refractivity contribution in [3.63, 3.8) is 0 Å². The van der Waals surface area contributed by atoms with Gasteiger partial charge in [0.25, 0.3) is 0 Å². The number of hydrogen-bond donors (Lipinski definition) is 2. The van der Waals surface area contributed by atoms with Crippen LogP contribution in [0.3, 0.4) is 0 Å². The molecule has 2 saturated heterocycles. The molecule has 2 N–H and O–H groups in total. The number of anilines is 1. The zero-order valence-corrected chi connectivity index (χ0v) is 15.7. The lowest BCUT2D eigenvalue weighted by molar-refractivity contribution is -0.124. The Bertz CT molecular complexity index is 765. The van der Waals surface area contributed by atoms with Crippen LogP contribution in [0.2, 0.25) is 0 Å². The SMILES string of the molecule is CS(=O)(=O)N1CCC[C@H]1C(=O)NCc1ccc(N2CCNCC2)c(F)c1. The maximum absolute atomic E-state index is 14.4. The highest BCUT2D eigenvalue weighted by atomic mass is 32.2. The van der Waals surface area contributed by atoms with Crippen molar-refractivity contribution in [1.29, 1.82) is 0 Å². The number of carbonyl (C=O) groups excluding carboxylic acids is 1. The predicted octanol–water partition coefficient (Wildman–Crippen LogP) is 0.276. The fraction of sp³-hybridized carbons (Fsp3) is 0.588. The van der Waals surface area contributed by atoms with Crippen LogP contribution in [0.15, 0.2) is 18.2 Å². The van der Waals surface area contributed by atoms with E-state index in [9.17, 15) is 17.6 Å². The molecule has 1 aromatic carbocycles. The van der Waals surface area contributed by atoms with Gasteiger partial charge in [-0.1, -0.05) is 6.07 Å². The van der Waals surface area contributed by atoms with Crippen molar-refractivity contribution < 1.29 is 17.6 Å². The van der Waals surface area contributed by atoms with Gasteiger partial charge in [0.05, 0.1) is 11.9 Å². The minimum Gasteiger partial charge on any atom is -0.367 e. The van der Waals surface area contributed by atoms with E-state index in [1.807, 2.05) is 4.90 Å². The lowest BCUT2D eigenvalue weighted by Crippen LogP contribution is -2.45. The summed E-state index contributed by atoms with van der Waals surface area (Å²) in [5, 5.41) is 5.96. The van der Waals surface area contributed by atoms with Crippen molar-refractivity contribution in [2.75, 3.05) is 43.9 Å². The lowest BCUT2D eigenvalue weighted by atomic mass is 10.1. The van der Waals surface area contributed by atoms with Crippen LogP contribution in [-0.2, 0) is 21.4 Å². The van der Waals surface area contributed by atoms with Gasteiger partial charge in [-0.3, -0.25) is 4.79 Å². The molecule has 7 nitrogen and oxygen atoms in total. The Morgan fingerprint density at radius 2 is 2.04 bits per heavy atom. The number of halogens is 1. The number of sulfonamides is 1. The van der Waals surface area contributed by atoms with E-state index in [0.717, 1.165) is 32.4 Å². The fourth-order valence-electron chi connectivity index (χ4n) is 3.53. The zero-order valence-electron chi connectivity index (χ0n) is 14.9. The van der Waals surface area contributed by atoms with E-state index < -0.39 is 16.1 Å². The number of nitrogens with one attached hydrogen (secondary N) is 2. The van der Waals surface area contributed by atoms with E-state index in [1.165, 1.54) is 10.4 Å². The van der Waals surface area contributed by atoms with E-state index in [0.29, 0.717) is 30.6 Å². The predicted molar refractivity (Wildman–Crippen MR) is 97.9 cm³/mol. The standard InChI is InChI=1S/C17H25FN4O3S/c1-26(24,25)22-8-2-3-16(22)17(23)20-12-13-4-5-15(14(18)11-13)21-9-6-19-7-10-21/h4-5,11,16,19H,2-3,6-10,12H2,1H3,(H,20,23)/t16-/m0/s1. The molecule has 0 spiro atoms. The summed E-state index contributed by atoms with van der Waals surface area (Å²) in [6.07, 6.45) is 2.29. The van der Waals surface area contributed by atoms with Gasteiger partial charge in [-0.25, -0.2) is 12.8 Å². The molecule has 2 heterocycles. The van der Waals surface area contributed by atoms with Gasteiger partial charge in [-0.15, -0.1) is 0 Å². The highest BCUT2D eigenvalue weighted by molar-refractivity contribution is 7.88. The first-order valence-electron chi connectivity index (χ1n) is 8.85. The molecule has 3 rings (SSSR count). The topological polar surface area (TPSA) is 81.8 Å². The van der Waals surface area contributed by atoms with Gasteiger partial charge in [0.15, 0.2) is 0 Å². The molecule has 26 heavy (non-hydrogen) atoms. The Hall–Kier alpha value is -1.71. The second-order valence-corrected chi connectivity index (χ2v) is 8.71. The number of nitrogens with zero attached hydrogens (tertiary/aromatic N) is 2. The molecule has 1 atom stereocenters. The van der Waals surface area contributed by atoms with Crippen LogP contribution in [0.25, 0.3) is 0 Å². The molecule has 0 saturated carbocycles. The van der Waals surface area contributed by atoms with Crippen LogP contribution in [0.5, 0.6) is 0 Å². The van der Waals surface area contributed by atoms with Gasteiger partial charge in [0.1, 0.15) is 11.9 Å². The third kappa shape index (κ3) is 4.33. The summed E-state index contributed by atoms with van der Waals surface area (Å²) in [6.45, 7) is 3.72. The van der Waals surface area contributed by atoms with E-state index >= 15 is 0 Å².